The largest absolute Gasteiger partial charge is 0.315 e. The van der Waals surface area contributed by atoms with Crippen LogP contribution in [0.1, 0.15) is 52.8 Å². The van der Waals surface area contributed by atoms with Crippen molar-refractivity contribution in [2.75, 3.05) is 9.80 Å². The predicted molar refractivity (Wildman–Crippen MR) is 232 cm³/mol. The lowest BCUT2D eigenvalue weighted by Gasteiger charge is -2.26. The summed E-state index contributed by atoms with van der Waals surface area (Å²) in [6, 6.07) is 52.2. The average molecular weight is 689 g/mol. The number of anilines is 5. The molecule has 0 bridgehead atoms. The molecule has 2 heteroatoms. The maximum absolute atomic E-state index is 3.89. The maximum atomic E-state index is 3.89. The highest BCUT2D eigenvalue weighted by Crippen LogP contribution is 2.35. The van der Waals surface area contributed by atoms with Crippen molar-refractivity contribution in [1.29, 1.82) is 0 Å². The third kappa shape index (κ3) is 9.70. The van der Waals surface area contributed by atoms with E-state index >= 15 is 0 Å². The van der Waals surface area contributed by atoms with Gasteiger partial charge < -0.3 is 9.80 Å². The first kappa shape index (κ1) is 36.4. The summed E-state index contributed by atoms with van der Waals surface area (Å²) >= 11 is 0. The van der Waals surface area contributed by atoms with E-state index in [0.29, 0.717) is 0 Å². The second-order valence-corrected chi connectivity index (χ2v) is 13.6. The molecule has 6 aromatic carbocycles. The fraction of sp³-hybridized carbons (Fsp3) is 0.0980. The van der Waals surface area contributed by atoms with Crippen LogP contribution in [0, 0.1) is 20.8 Å². The minimum Gasteiger partial charge on any atom is -0.315 e. The van der Waals surface area contributed by atoms with Gasteiger partial charge in [-0.05, 0) is 124 Å². The van der Waals surface area contributed by atoms with Crippen molar-refractivity contribution in [1.82, 2.24) is 0 Å². The van der Waals surface area contributed by atoms with Crippen LogP contribution in [0.25, 0.3) is 24.3 Å². The van der Waals surface area contributed by atoms with Gasteiger partial charge in [0.15, 0.2) is 0 Å². The zero-order chi connectivity index (χ0) is 37.2. The molecule has 0 N–H and O–H groups in total. The van der Waals surface area contributed by atoms with Crippen molar-refractivity contribution >= 4 is 52.7 Å². The Bertz CT molecular complexity index is 2180. The molecule has 0 radical (unpaired) electrons. The molecule has 262 valence electrons. The SMILES string of the molecule is C=C/C(C)=C\C=C(/C)N(c1ccc(C)cc1)c1ccc(C=Cc2ccc(C=Cc3ccc(N(c4ccc(C)cc4)c4ccc(C)cc4)cc3)cc2)cc1. The molecule has 0 unspecified atom stereocenters. The number of aryl methyl sites for hydroxylation is 3. The summed E-state index contributed by atoms with van der Waals surface area (Å²) in [6.07, 6.45) is 14.8. The summed E-state index contributed by atoms with van der Waals surface area (Å²) < 4.78 is 0. The van der Waals surface area contributed by atoms with Crippen LogP contribution in [0.3, 0.4) is 0 Å². The van der Waals surface area contributed by atoms with Gasteiger partial charge in [0, 0.05) is 34.1 Å². The number of hydrogen-bond donors (Lipinski definition) is 0. The van der Waals surface area contributed by atoms with Crippen molar-refractivity contribution in [3.05, 3.63) is 221 Å². The molecule has 0 aliphatic rings. The lowest BCUT2D eigenvalue weighted by Crippen LogP contribution is -2.14. The van der Waals surface area contributed by atoms with Crippen LogP contribution in [-0.2, 0) is 0 Å². The zero-order valence-electron chi connectivity index (χ0n) is 31.5. The van der Waals surface area contributed by atoms with E-state index in [0.717, 1.165) is 62.0 Å². The van der Waals surface area contributed by atoms with E-state index in [1.165, 1.54) is 16.7 Å². The molecule has 0 aliphatic heterocycles. The Kier molecular flexibility index (Phi) is 11.8. The molecule has 0 saturated heterocycles. The third-order valence-corrected chi connectivity index (χ3v) is 9.31. The topological polar surface area (TPSA) is 6.48 Å². The molecular weight excluding hydrogens is 641 g/mol. The van der Waals surface area contributed by atoms with Crippen molar-refractivity contribution in [2.45, 2.75) is 34.6 Å². The van der Waals surface area contributed by atoms with Crippen LogP contribution in [0.15, 0.2) is 182 Å². The van der Waals surface area contributed by atoms with Crippen molar-refractivity contribution < 1.29 is 0 Å². The van der Waals surface area contributed by atoms with Gasteiger partial charge in [0.2, 0.25) is 0 Å². The first-order valence-corrected chi connectivity index (χ1v) is 18.2. The summed E-state index contributed by atoms with van der Waals surface area (Å²) in [5.74, 6) is 0. The normalized spacial score (nSPS) is 12.0. The molecule has 0 aromatic heterocycles. The summed E-state index contributed by atoms with van der Waals surface area (Å²) in [4.78, 5) is 4.59. The molecule has 0 aliphatic carbocycles. The van der Waals surface area contributed by atoms with Gasteiger partial charge in [-0.3, -0.25) is 0 Å². The van der Waals surface area contributed by atoms with E-state index in [1.54, 1.807) is 0 Å². The Balaban J connectivity index is 1.12. The molecule has 0 saturated carbocycles. The monoisotopic (exact) mass is 688 g/mol. The van der Waals surface area contributed by atoms with Crippen LogP contribution in [0.5, 0.6) is 0 Å². The fourth-order valence-corrected chi connectivity index (χ4v) is 6.05. The Morgan fingerprint density at radius 3 is 1.02 bits per heavy atom. The zero-order valence-corrected chi connectivity index (χ0v) is 31.5. The average Bonchev–Trinajstić information content (AvgIpc) is 3.19. The molecule has 0 amide bonds. The van der Waals surface area contributed by atoms with E-state index in [4.69, 9.17) is 0 Å². The molecule has 6 aromatic rings. The number of hydrogen-bond acceptors (Lipinski definition) is 2. The molecule has 0 fully saturated rings. The Morgan fingerprint density at radius 2 is 0.679 bits per heavy atom. The van der Waals surface area contributed by atoms with Gasteiger partial charge in [-0.25, -0.2) is 0 Å². The summed E-state index contributed by atoms with van der Waals surface area (Å²) in [5.41, 5.74) is 16.3. The van der Waals surface area contributed by atoms with Crippen LogP contribution < -0.4 is 9.80 Å². The first-order valence-electron chi connectivity index (χ1n) is 18.2. The Morgan fingerprint density at radius 1 is 0.396 bits per heavy atom. The molecule has 0 heterocycles. The Hall–Kier alpha value is -6.38. The van der Waals surface area contributed by atoms with E-state index < -0.39 is 0 Å². The van der Waals surface area contributed by atoms with Crippen LogP contribution >= 0.6 is 0 Å². The van der Waals surface area contributed by atoms with E-state index in [2.05, 4.69) is 233 Å². The summed E-state index contributed by atoms with van der Waals surface area (Å²) in [7, 11) is 0. The number of nitrogens with zero attached hydrogens (tertiary/aromatic N) is 2. The highest BCUT2D eigenvalue weighted by atomic mass is 15.1. The van der Waals surface area contributed by atoms with E-state index in [1.807, 2.05) is 6.08 Å². The third-order valence-electron chi connectivity index (χ3n) is 9.31. The highest BCUT2D eigenvalue weighted by molar-refractivity contribution is 5.79. The van der Waals surface area contributed by atoms with Gasteiger partial charge in [0.05, 0.1) is 0 Å². The molecule has 2 nitrogen and oxygen atoms in total. The standard InChI is InChI=1S/C51H48N2/c1-7-38(2)8-15-42(6)52(47-28-9-39(3)10-29-47)48-34-24-45(25-35-48)22-20-43-16-18-44(19-17-43)21-23-46-26-36-51(37-27-46)53(49-30-11-40(4)12-31-49)50-32-13-41(5)14-33-50/h7-37H,1H2,2-6H3/b22-20?,23-21?,38-8-,42-15+. The van der Waals surface area contributed by atoms with E-state index in [-0.39, 0.29) is 0 Å². The summed E-state index contributed by atoms with van der Waals surface area (Å²) in [5, 5.41) is 0. The van der Waals surface area contributed by atoms with Gasteiger partial charge in [-0.2, -0.15) is 0 Å². The predicted octanol–water partition coefficient (Wildman–Crippen LogP) is 14.6. The molecule has 0 spiro atoms. The van der Waals surface area contributed by atoms with Gasteiger partial charge in [-0.1, -0.05) is 150 Å². The number of allylic oxidation sites excluding steroid dienone is 5. The maximum Gasteiger partial charge on any atom is 0.0462 e. The number of benzene rings is 6. The quantitative estimate of drug-likeness (QED) is 0.0933. The second kappa shape index (κ2) is 17.2. The van der Waals surface area contributed by atoms with Crippen LogP contribution in [0.4, 0.5) is 28.4 Å². The van der Waals surface area contributed by atoms with Crippen molar-refractivity contribution in [3.8, 4) is 0 Å². The number of rotatable bonds is 12. The summed E-state index contributed by atoms with van der Waals surface area (Å²) in [6.45, 7) is 14.5. The molecule has 6 rings (SSSR count). The smallest absolute Gasteiger partial charge is 0.0462 e. The fourth-order valence-electron chi connectivity index (χ4n) is 6.05. The lowest BCUT2D eigenvalue weighted by atomic mass is 10.1. The van der Waals surface area contributed by atoms with Crippen LogP contribution in [-0.4, -0.2) is 0 Å². The van der Waals surface area contributed by atoms with Gasteiger partial charge in [0.25, 0.3) is 0 Å². The Labute approximate surface area is 316 Å². The van der Waals surface area contributed by atoms with E-state index in [9.17, 15) is 0 Å². The second-order valence-electron chi connectivity index (χ2n) is 13.6. The lowest BCUT2D eigenvalue weighted by molar-refractivity contribution is 1.15. The minimum absolute atomic E-state index is 1.12. The molecular formula is C51H48N2. The molecule has 53 heavy (non-hydrogen) atoms. The van der Waals surface area contributed by atoms with Gasteiger partial charge in [0.1, 0.15) is 0 Å². The van der Waals surface area contributed by atoms with Crippen LogP contribution in [0.2, 0.25) is 0 Å². The van der Waals surface area contributed by atoms with Crippen molar-refractivity contribution in [2.24, 2.45) is 0 Å². The van der Waals surface area contributed by atoms with Gasteiger partial charge in [-0.15, -0.1) is 0 Å². The highest BCUT2D eigenvalue weighted by Gasteiger charge is 2.13. The molecule has 0 atom stereocenters. The minimum atomic E-state index is 1.12. The van der Waals surface area contributed by atoms with Gasteiger partial charge >= 0.3 is 0 Å². The first-order chi connectivity index (χ1) is 25.7. The van der Waals surface area contributed by atoms with Crippen molar-refractivity contribution in [3.63, 3.8) is 0 Å².